The Bertz CT molecular complexity index is 437. The third-order valence-electron chi connectivity index (χ3n) is 2.64. The second kappa shape index (κ2) is 9.90. The van der Waals surface area contributed by atoms with E-state index in [1.54, 1.807) is 5.59 Å². The number of amides is 1. The van der Waals surface area contributed by atoms with Crippen LogP contribution in [0.4, 0.5) is 0 Å². The van der Waals surface area contributed by atoms with Gasteiger partial charge in [-0.3, -0.25) is 9.80 Å². The number of esters is 1. The Balaban J connectivity index is 0.00000361. The molecule has 0 fully saturated rings. The number of benzene rings is 1. The zero-order valence-corrected chi connectivity index (χ0v) is 14.0. The fourth-order valence-corrected chi connectivity index (χ4v) is 1.53. The summed E-state index contributed by atoms with van der Waals surface area (Å²) in [5.41, 5.74) is 2.32. The number of carbonyl (C=O) groups excluding carboxylic acids is 2. The fourth-order valence-electron chi connectivity index (χ4n) is 1.53. The van der Waals surface area contributed by atoms with Gasteiger partial charge in [0.2, 0.25) is 0 Å². The van der Waals surface area contributed by atoms with Crippen molar-refractivity contribution in [2.24, 2.45) is 0 Å². The minimum absolute atomic E-state index is 0. The van der Waals surface area contributed by atoms with E-state index in [4.69, 9.17) is 0 Å². The van der Waals surface area contributed by atoms with Crippen molar-refractivity contribution in [3.8, 4) is 0 Å². The summed E-state index contributed by atoms with van der Waals surface area (Å²) in [5.74, 6) is -0.886. The molecule has 7 heteroatoms. The van der Waals surface area contributed by atoms with Crippen LogP contribution in [0.15, 0.2) is 24.3 Å². The van der Waals surface area contributed by atoms with E-state index in [9.17, 15) is 14.8 Å². The van der Waals surface area contributed by atoms with Crippen molar-refractivity contribution in [2.75, 3.05) is 13.7 Å². The predicted octanol–water partition coefficient (Wildman–Crippen LogP) is -1.28. The molecule has 1 rings (SSSR count). The topological polar surface area (TPSA) is 81.7 Å². The van der Waals surface area contributed by atoms with Crippen LogP contribution < -0.4 is 35.1 Å². The molecule has 0 aliphatic carbocycles. The number of hydrogen-bond acceptors (Lipinski definition) is 5. The Kier molecular flexibility index (Phi) is 9.45. The van der Waals surface area contributed by atoms with Crippen LogP contribution in [-0.4, -0.2) is 30.5 Å². The second-order valence-corrected chi connectivity index (χ2v) is 3.97. The minimum atomic E-state index is -0.469. The molecule has 104 valence electrons. The largest absolute Gasteiger partial charge is 1.00 e. The molecule has 20 heavy (non-hydrogen) atoms. The molecule has 1 aromatic rings. The second-order valence-electron chi connectivity index (χ2n) is 3.97. The van der Waals surface area contributed by atoms with E-state index in [0.29, 0.717) is 17.7 Å². The number of hydrazine groups is 1. The van der Waals surface area contributed by atoms with Crippen LogP contribution in [0.3, 0.4) is 0 Å². The Morgan fingerprint density at radius 1 is 1.25 bits per heavy atom. The Labute approximate surface area is 140 Å². The van der Waals surface area contributed by atoms with Gasteiger partial charge in [0.25, 0.3) is 5.91 Å². The zero-order chi connectivity index (χ0) is 14.3. The van der Waals surface area contributed by atoms with Gasteiger partial charge in [0, 0.05) is 12.1 Å². The molecule has 0 aliphatic heterocycles. The quantitative estimate of drug-likeness (QED) is 0.401. The molecule has 1 aromatic carbocycles. The van der Waals surface area contributed by atoms with Crippen LogP contribution in [0.2, 0.25) is 0 Å². The molecule has 0 radical (unpaired) electrons. The molecule has 0 atom stereocenters. The van der Waals surface area contributed by atoms with Crippen LogP contribution in [0.1, 0.15) is 40.5 Å². The summed E-state index contributed by atoms with van der Waals surface area (Å²) in [6.45, 7) is 2.32. The van der Waals surface area contributed by atoms with Crippen LogP contribution in [0, 0.1) is 5.21 Å². The average Bonchev–Trinajstić information content (AvgIpc) is 2.47. The number of nitrogens with zero attached hydrogens (tertiary/aromatic N) is 1. The Morgan fingerprint density at radius 3 is 2.25 bits per heavy atom. The van der Waals surface area contributed by atoms with Crippen LogP contribution in [0.5, 0.6) is 0 Å². The molecule has 0 saturated carbocycles. The number of unbranched alkanes of at least 4 members (excludes halogenated alkanes) is 1. The first-order valence-electron chi connectivity index (χ1n) is 6.02. The molecule has 0 heterocycles. The zero-order valence-electron chi connectivity index (χ0n) is 12.0. The number of ether oxygens (including phenoxy) is 1. The summed E-state index contributed by atoms with van der Waals surface area (Å²) in [4.78, 5) is 23.2. The van der Waals surface area contributed by atoms with Crippen LogP contribution >= 0.6 is 0 Å². The first-order chi connectivity index (χ1) is 9.13. The van der Waals surface area contributed by atoms with Crippen molar-refractivity contribution in [3.63, 3.8) is 0 Å². The van der Waals surface area contributed by atoms with Crippen molar-refractivity contribution in [1.82, 2.24) is 10.6 Å². The van der Waals surface area contributed by atoms with Gasteiger partial charge >= 0.3 is 35.5 Å². The predicted molar refractivity (Wildman–Crippen MR) is 70.2 cm³/mol. The summed E-state index contributed by atoms with van der Waals surface area (Å²) >= 11 is 0. The monoisotopic (exact) mass is 288 g/mol. The molecular weight excluding hydrogens is 271 g/mol. The van der Waals surface area contributed by atoms with Gasteiger partial charge in [0.05, 0.1) is 12.7 Å². The van der Waals surface area contributed by atoms with Crippen LogP contribution in [0.25, 0.3) is 0 Å². The van der Waals surface area contributed by atoms with Crippen molar-refractivity contribution in [1.29, 1.82) is 0 Å². The van der Waals surface area contributed by atoms with E-state index in [1.807, 2.05) is 6.92 Å². The molecule has 0 bridgehead atoms. The van der Waals surface area contributed by atoms with E-state index >= 15 is 0 Å². The van der Waals surface area contributed by atoms with Crippen molar-refractivity contribution < 1.29 is 43.9 Å². The van der Waals surface area contributed by atoms with Crippen molar-refractivity contribution in [3.05, 3.63) is 40.6 Å². The van der Waals surface area contributed by atoms with Crippen molar-refractivity contribution in [2.45, 2.75) is 19.8 Å². The van der Waals surface area contributed by atoms with Gasteiger partial charge in [-0.15, -0.1) is 0 Å². The molecule has 0 spiro atoms. The van der Waals surface area contributed by atoms with E-state index in [1.165, 1.54) is 31.4 Å². The summed E-state index contributed by atoms with van der Waals surface area (Å²) < 4.78 is 4.56. The van der Waals surface area contributed by atoms with Crippen LogP contribution in [-0.2, 0) is 4.74 Å². The standard InChI is InChI=1S/C13H17N2O4.Na/c1-3-4-9-15(14-18)12(16)10-5-7-11(8-6-10)13(17)19-2;/h5-8,14H,3-4,9H2,1-2H3;/q-1;+1. The third-order valence-corrected chi connectivity index (χ3v) is 2.64. The van der Waals surface area contributed by atoms with E-state index in [2.05, 4.69) is 4.74 Å². The Hall–Kier alpha value is -0.920. The number of nitrogens with one attached hydrogen (secondary N) is 1. The molecule has 0 aliphatic rings. The molecule has 6 nitrogen and oxygen atoms in total. The van der Waals surface area contributed by atoms with E-state index < -0.39 is 11.9 Å². The number of rotatable bonds is 6. The van der Waals surface area contributed by atoms with Gasteiger partial charge in [0.15, 0.2) is 0 Å². The van der Waals surface area contributed by atoms with Crippen molar-refractivity contribution >= 4 is 11.9 Å². The smallest absolute Gasteiger partial charge is 0.770 e. The average molecular weight is 288 g/mol. The van der Waals surface area contributed by atoms with E-state index in [0.717, 1.165) is 17.9 Å². The normalized spacial score (nSPS) is 9.55. The van der Waals surface area contributed by atoms with Gasteiger partial charge in [-0.25, -0.2) is 4.79 Å². The molecule has 1 N–H and O–H groups in total. The van der Waals surface area contributed by atoms with Gasteiger partial charge < -0.3 is 15.5 Å². The Morgan fingerprint density at radius 2 is 1.80 bits per heavy atom. The summed E-state index contributed by atoms with van der Waals surface area (Å²) in [5, 5.41) is 11.8. The summed E-state index contributed by atoms with van der Waals surface area (Å²) in [7, 11) is 1.29. The maximum atomic E-state index is 12.0. The number of methoxy groups -OCH3 is 1. The van der Waals surface area contributed by atoms with Gasteiger partial charge in [-0.05, 0) is 30.7 Å². The molecule has 0 saturated heterocycles. The van der Waals surface area contributed by atoms with Gasteiger partial charge in [-0.1, -0.05) is 13.3 Å². The first kappa shape index (κ1) is 19.1. The van der Waals surface area contributed by atoms with Gasteiger partial charge in [0.1, 0.15) is 0 Å². The molecule has 1 amide bonds. The molecular formula is C13H17N2NaO4. The summed E-state index contributed by atoms with van der Waals surface area (Å²) in [6.07, 6.45) is 1.62. The fraction of sp³-hybridized carbons (Fsp3) is 0.385. The molecule has 0 unspecified atom stereocenters. The van der Waals surface area contributed by atoms with E-state index in [-0.39, 0.29) is 29.6 Å². The molecule has 0 aromatic heterocycles. The number of carbonyl (C=O) groups is 2. The SMILES string of the molecule is CCCCN(N[O-])C(=O)c1ccc(C(=O)OC)cc1.[Na+]. The maximum Gasteiger partial charge on any atom is 1.00 e. The minimum Gasteiger partial charge on any atom is -0.770 e. The number of hydrogen-bond donors (Lipinski definition) is 1. The third kappa shape index (κ3) is 5.22. The maximum absolute atomic E-state index is 12.0. The first-order valence-corrected chi connectivity index (χ1v) is 6.02. The summed E-state index contributed by atoms with van der Waals surface area (Å²) in [6, 6.07) is 5.96. The van der Waals surface area contributed by atoms with Gasteiger partial charge in [-0.2, -0.15) is 0 Å².